The highest BCUT2D eigenvalue weighted by Crippen LogP contribution is 2.29. The molecule has 31 heavy (non-hydrogen) atoms. The second kappa shape index (κ2) is 9.26. The molecular weight excluding hydrogens is 414 g/mol. The Bertz CT molecular complexity index is 1220. The van der Waals surface area contributed by atoms with E-state index in [2.05, 4.69) is 44.0 Å². The Kier molecular flexibility index (Phi) is 6.70. The zero-order valence-corrected chi connectivity index (χ0v) is 19.1. The minimum Gasteiger partial charge on any atom is -0.490 e. The minimum atomic E-state index is -0.569. The molecule has 0 spiro atoms. The Morgan fingerprint density at radius 3 is 2.48 bits per heavy atom. The fourth-order valence-electron chi connectivity index (χ4n) is 3.40. The van der Waals surface area contributed by atoms with Gasteiger partial charge < -0.3 is 9.30 Å². The lowest BCUT2D eigenvalue weighted by Crippen LogP contribution is -2.17. The van der Waals surface area contributed by atoms with Gasteiger partial charge >= 0.3 is 5.69 Å². The average molecular weight is 440 g/mol. The third-order valence-electron chi connectivity index (χ3n) is 5.22. The number of carbonyl (C=O) groups is 1. The third-order valence-corrected chi connectivity index (χ3v) is 6.44. The number of nitro groups is 1. The van der Waals surface area contributed by atoms with Gasteiger partial charge in [-0.05, 0) is 62.1 Å². The van der Waals surface area contributed by atoms with Crippen molar-refractivity contribution in [3.05, 3.63) is 72.9 Å². The lowest BCUT2D eigenvalue weighted by atomic mass is 10.0. The Hall–Kier alpha value is -3.26. The molecule has 0 N–H and O–H groups in total. The first-order valence-electron chi connectivity index (χ1n) is 10.0. The standard InChI is InChI=1S/C23H25N3O4S/c1-6-20-21(16-9-8-14(3)15(4)12-16)25(7-2)23(31-20)24-22(27)17-10-11-19(30-5)18(13-17)26(28)29/h8-13H,6-7H2,1-5H3. The fourth-order valence-corrected chi connectivity index (χ4v) is 4.55. The lowest BCUT2D eigenvalue weighted by Gasteiger charge is -2.10. The average Bonchev–Trinajstić information content (AvgIpc) is 3.12. The van der Waals surface area contributed by atoms with Crippen LogP contribution in [0.3, 0.4) is 0 Å². The smallest absolute Gasteiger partial charge is 0.311 e. The Morgan fingerprint density at radius 1 is 1.16 bits per heavy atom. The molecule has 0 fully saturated rings. The van der Waals surface area contributed by atoms with Crippen molar-refractivity contribution in [2.24, 2.45) is 4.99 Å². The number of carbonyl (C=O) groups excluding carboxylic acids is 1. The van der Waals surface area contributed by atoms with E-state index >= 15 is 0 Å². The molecule has 0 radical (unpaired) electrons. The van der Waals surface area contributed by atoms with Gasteiger partial charge in [-0.15, -0.1) is 11.3 Å². The van der Waals surface area contributed by atoms with Crippen LogP contribution >= 0.6 is 11.3 Å². The van der Waals surface area contributed by atoms with Gasteiger partial charge in [0.05, 0.1) is 17.7 Å². The zero-order chi connectivity index (χ0) is 22.7. The number of rotatable bonds is 6. The molecule has 0 aliphatic heterocycles. The molecule has 1 heterocycles. The number of thiazole rings is 1. The molecule has 0 saturated carbocycles. The largest absolute Gasteiger partial charge is 0.490 e. The fraction of sp³-hybridized carbons (Fsp3) is 0.304. The summed E-state index contributed by atoms with van der Waals surface area (Å²) in [5.41, 5.74) is 4.46. The van der Waals surface area contributed by atoms with Gasteiger partial charge in [0.15, 0.2) is 10.6 Å². The summed E-state index contributed by atoms with van der Waals surface area (Å²) < 4.78 is 7.04. The number of methoxy groups -OCH3 is 1. The molecule has 1 aromatic heterocycles. The number of benzene rings is 2. The number of aromatic nitrogens is 1. The summed E-state index contributed by atoms with van der Waals surface area (Å²) in [6, 6.07) is 10.5. The maximum absolute atomic E-state index is 12.9. The van der Waals surface area contributed by atoms with E-state index in [1.165, 1.54) is 47.8 Å². The van der Waals surface area contributed by atoms with Crippen LogP contribution in [0.1, 0.15) is 40.2 Å². The first-order chi connectivity index (χ1) is 14.8. The topological polar surface area (TPSA) is 86.7 Å². The van der Waals surface area contributed by atoms with Crippen LogP contribution in [-0.2, 0) is 13.0 Å². The van der Waals surface area contributed by atoms with Crippen molar-refractivity contribution in [1.82, 2.24) is 4.57 Å². The van der Waals surface area contributed by atoms with E-state index in [1.54, 1.807) is 0 Å². The predicted molar refractivity (Wildman–Crippen MR) is 122 cm³/mol. The van der Waals surface area contributed by atoms with Crippen LogP contribution in [0.2, 0.25) is 0 Å². The monoisotopic (exact) mass is 439 g/mol. The number of aryl methyl sites for hydroxylation is 3. The first-order valence-corrected chi connectivity index (χ1v) is 10.8. The summed E-state index contributed by atoms with van der Waals surface area (Å²) in [7, 11) is 1.35. The van der Waals surface area contributed by atoms with Gasteiger partial charge in [0, 0.05) is 23.1 Å². The van der Waals surface area contributed by atoms with Gasteiger partial charge in [-0.3, -0.25) is 14.9 Å². The third kappa shape index (κ3) is 4.44. The van der Waals surface area contributed by atoms with Gasteiger partial charge in [0.25, 0.3) is 5.91 Å². The Morgan fingerprint density at radius 2 is 1.90 bits per heavy atom. The van der Waals surface area contributed by atoms with Crippen LogP contribution in [0.4, 0.5) is 5.69 Å². The molecule has 0 atom stereocenters. The number of hydrogen-bond donors (Lipinski definition) is 0. The van der Waals surface area contributed by atoms with Gasteiger partial charge in [-0.25, -0.2) is 0 Å². The number of hydrogen-bond acceptors (Lipinski definition) is 5. The predicted octanol–water partition coefficient (Wildman–Crippen LogP) is 5.07. The number of nitrogens with zero attached hydrogens (tertiary/aromatic N) is 3. The van der Waals surface area contributed by atoms with Gasteiger partial charge in [0.2, 0.25) is 0 Å². The maximum atomic E-state index is 12.9. The van der Waals surface area contributed by atoms with E-state index in [4.69, 9.17) is 4.74 Å². The van der Waals surface area contributed by atoms with Crippen LogP contribution in [0.5, 0.6) is 5.75 Å². The summed E-state index contributed by atoms with van der Waals surface area (Å²) in [4.78, 5) is 29.6. The molecule has 3 rings (SSSR count). The molecule has 2 aromatic carbocycles. The zero-order valence-electron chi connectivity index (χ0n) is 18.3. The van der Waals surface area contributed by atoms with E-state index in [9.17, 15) is 14.9 Å². The molecular formula is C23H25N3O4S. The second-order valence-corrected chi connectivity index (χ2v) is 8.18. The van der Waals surface area contributed by atoms with Crippen LogP contribution in [0.25, 0.3) is 11.3 Å². The quantitative estimate of drug-likeness (QED) is 0.396. The molecule has 0 bridgehead atoms. The van der Waals surface area contributed by atoms with E-state index < -0.39 is 10.8 Å². The molecule has 1 amide bonds. The summed E-state index contributed by atoms with van der Waals surface area (Å²) >= 11 is 1.47. The van der Waals surface area contributed by atoms with Crippen molar-refractivity contribution in [2.75, 3.05) is 7.11 Å². The molecule has 7 nitrogen and oxygen atoms in total. The van der Waals surface area contributed by atoms with E-state index in [-0.39, 0.29) is 17.0 Å². The summed E-state index contributed by atoms with van der Waals surface area (Å²) in [5, 5.41) is 11.3. The van der Waals surface area contributed by atoms with Gasteiger partial charge in [0.1, 0.15) is 0 Å². The van der Waals surface area contributed by atoms with Crippen LogP contribution in [0.15, 0.2) is 41.4 Å². The summed E-state index contributed by atoms with van der Waals surface area (Å²) in [6.07, 6.45) is 0.810. The molecule has 0 saturated heterocycles. The molecule has 0 aliphatic carbocycles. The molecule has 3 aromatic rings. The highest BCUT2D eigenvalue weighted by Gasteiger charge is 2.19. The van der Waals surface area contributed by atoms with E-state index in [1.807, 2.05) is 11.5 Å². The number of nitro benzene ring substituents is 1. The van der Waals surface area contributed by atoms with E-state index in [0.29, 0.717) is 11.3 Å². The maximum Gasteiger partial charge on any atom is 0.311 e. The second-order valence-electron chi connectivity index (χ2n) is 7.11. The van der Waals surface area contributed by atoms with Crippen molar-refractivity contribution < 1.29 is 14.5 Å². The van der Waals surface area contributed by atoms with Crippen molar-refractivity contribution in [3.63, 3.8) is 0 Å². The molecule has 0 unspecified atom stereocenters. The minimum absolute atomic E-state index is 0.103. The highest BCUT2D eigenvalue weighted by molar-refractivity contribution is 7.09. The van der Waals surface area contributed by atoms with Crippen LogP contribution < -0.4 is 9.54 Å². The number of ether oxygens (including phenoxy) is 1. The van der Waals surface area contributed by atoms with Gasteiger partial charge in [-0.2, -0.15) is 4.99 Å². The van der Waals surface area contributed by atoms with E-state index in [0.717, 1.165) is 22.6 Å². The van der Waals surface area contributed by atoms with Crippen molar-refractivity contribution in [1.29, 1.82) is 0 Å². The Labute approximate surface area is 184 Å². The molecule has 162 valence electrons. The van der Waals surface area contributed by atoms with Gasteiger partial charge in [-0.1, -0.05) is 19.1 Å². The summed E-state index contributed by atoms with van der Waals surface area (Å²) in [6.45, 7) is 8.90. The van der Waals surface area contributed by atoms with Crippen molar-refractivity contribution in [2.45, 2.75) is 40.7 Å². The SMILES string of the molecule is CCc1sc(=NC(=O)c2ccc(OC)c([N+](=O)[O-])c2)n(CC)c1-c1ccc(C)c(C)c1. The van der Waals surface area contributed by atoms with Crippen molar-refractivity contribution >= 4 is 22.9 Å². The Balaban J connectivity index is 2.14. The van der Waals surface area contributed by atoms with Crippen molar-refractivity contribution in [3.8, 4) is 17.0 Å². The molecule has 0 aliphatic rings. The molecule has 8 heteroatoms. The first kappa shape index (κ1) is 22.4. The van der Waals surface area contributed by atoms with Crippen LogP contribution in [-0.4, -0.2) is 22.5 Å². The number of amides is 1. The highest BCUT2D eigenvalue weighted by atomic mass is 32.1. The van der Waals surface area contributed by atoms with Crippen LogP contribution in [0, 0.1) is 24.0 Å². The summed E-state index contributed by atoms with van der Waals surface area (Å²) in [5.74, 6) is -0.421. The normalized spacial score (nSPS) is 11.6. The lowest BCUT2D eigenvalue weighted by molar-refractivity contribution is -0.385.